The molecule has 2 aromatic rings. The molecular formula is C9H10N4O4. The number of hydrogen-bond donors (Lipinski definition) is 0. The van der Waals surface area contributed by atoms with Crippen molar-refractivity contribution >= 4 is 5.82 Å². The van der Waals surface area contributed by atoms with Crippen molar-refractivity contribution in [3.05, 3.63) is 40.0 Å². The second-order valence-electron chi connectivity index (χ2n) is 3.29. The Morgan fingerprint density at radius 3 is 2.94 bits per heavy atom. The molecule has 0 aliphatic heterocycles. The van der Waals surface area contributed by atoms with Crippen molar-refractivity contribution in [3.8, 4) is 0 Å². The molecule has 0 N–H and O–H groups in total. The van der Waals surface area contributed by atoms with E-state index in [-0.39, 0.29) is 12.4 Å². The number of methoxy groups -OCH3 is 1. The van der Waals surface area contributed by atoms with Gasteiger partial charge < -0.3 is 19.3 Å². The highest BCUT2D eigenvalue weighted by molar-refractivity contribution is 5.10. The Hall–Kier alpha value is -2.22. The quantitative estimate of drug-likeness (QED) is 0.568. The van der Waals surface area contributed by atoms with Crippen molar-refractivity contribution in [2.75, 3.05) is 7.11 Å². The second kappa shape index (κ2) is 4.74. The zero-order valence-electron chi connectivity index (χ0n) is 9.07. The van der Waals surface area contributed by atoms with E-state index < -0.39 is 4.92 Å². The molecule has 2 rings (SSSR count). The maximum Gasteiger partial charge on any atom is 0.410 e. The number of hydrogen-bond acceptors (Lipinski definition) is 6. The summed E-state index contributed by atoms with van der Waals surface area (Å²) < 4.78 is 10.3. The third kappa shape index (κ3) is 2.67. The number of nitrogens with zero attached hydrogens (tertiary/aromatic N) is 4. The smallest absolute Gasteiger partial charge is 0.410 e. The van der Waals surface area contributed by atoms with Crippen molar-refractivity contribution in [2.45, 2.75) is 13.2 Å². The van der Waals surface area contributed by atoms with Crippen LogP contribution in [0.15, 0.2) is 22.7 Å². The first kappa shape index (κ1) is 11.3. The molecule has 2 heterocycles. The number of ether oxygens (including phenoxy) is 1. The highest BCUT2D eigenvalue weighted by atomic mass is 16.6. The molecule has 8 nitrogen and oxygen atoms in total. The van der Waals surface area contributed by atoms with Gasteiger partial charge in [-0.15, -0.1) is 5.10 Å². The third-order valence-electron chi connectivity index (χ3n) is 2.01. The normalized spacial score (nSPS) is 10.6. The lowest BCUT2D eigenvalue weighted by atomic mass is 10.4. The largest absolute Gasteiger partial charge is 0.461 e. The van der Waals surface area contributed by atoms with Crippen LogP contribution >= 0.6 is 0 Å². The highest BCUT2D eigenvalue weighted by Gasteiger charge is 2.13. The number of aromatic nitrogens is 3. The summed E-state index contributed by atoms with van der Waals surface area (Å²) in [5.41, 5.74) is 0. The van der Waals surface area contributed by atoms with Gasteiger partial charge in [-0.25, -0.2) is 0 Å². The summed E-state index contributed by atoms with van der Waals surface area (Å²) in [7, 11) is 1.57. The summed E-state index contributed by atoms with van der Waals surface area (Å²) in [6.45, 7) is 0.629. The topological polar surface area (TPSA) is 96.2 Å². The van der Waals surface area contributed by atoms with E-state index in [2.05, 4.69) is 10.2 Å². The fourth-order valence-corrected chi connectivity index (χ4v) is 1.31. The van der Waals surface area contributed by atoms with E-state index in [1.807, 2.05) is 0 Å². The minimum atomic E-state index is -0.595. The molecule has 0 spiro atoms. The Morgan fingerprint density at radius 1 is 1.53 bits per heavy atom. The third-order valence-corrected chi connectivity index (χ3v) is 2.01. The molecule has 0 unspecified atom stereocenters. The Morgan fingerprint density at radius 2 is 2.29 bits per heavy atom. The van der Waals surface area contributed by atoms with Crippen LogP contribution in [0.1, 0.15) is 11.5 Å². The number of nitro groups is 1. The van der Waals surface area contributed by atoms with Crippen LogP contribution in [0.25, 0.3) is 0 Å². The molecule has 0 atom stereocenters. The molecule has 0 bridgehead atoms. The van der Waals surface area contributed by atoms with Gasteiger partial charge in [-0.3, -0.25) is 0 Å². The van der Waals surface area contributed by atoms with Gasteiger partial charge in [0.1, 0.15) is 24.7 Å². The highest BCUT2D eigenvalue weighted by Crippen LogP contribution is 2.10. The lowest BCUT2D eigenvalue weighted by molar-refractivity contribution is -0.389. The predicted molar refractivity (Wildman–Crippen MR) is 55.2 cm³/mol. The molecule has 90 valence electrons. The number of furan rings is 1. The number of rotatable bonds is 5. The van der Waals surface area contributed by atoms with Gasteiger partial charge in [0.15, 0.2) is 6.20 Å². The van der Waals surface area contributed by atoms with E-state index in [1.54, 1.807) is 19.2 Å². The zero-order chi connectivity index (χ0) is 12.3. The molecule has 8 heteroatoms. The molecule has 0 saturated carbocycles. The van der Waals surface area contributed by atoms with Gasteiger partial charge in [0, 0.05) is 7.11 Å². The average molecular weight is 238 g/mol. The van der Waals surface area contributed by atoms with Gasteiger partial charge in [-0.2, -0.15) is 0 Å². The van der Waals surface area contributed by atoms with Crippen LogP contribution in [0.3, 0.4) is 0 Å². The van der Waals surface area contributed by atoms with Crippen molar-refractivity contribution in [1.29, 1.82) is 0 Å². The molecule has 0 radical (unpaired) electrons. The Balaban J connectivity index is 2.05. The molecule has 0 amide bonds. The standard InChI is InChI=1S/C9H10N4O4/c1-16-6-8-3-2-7(17-8)5-12-10-4-9(11-12)13(14)15/h2-4H,5-6H2,1H3. The van der Waals surface area contributed by atoms with Gasteiger partial charge in [0.25, 0.3) is 0 Å². The summed E-state index contributed by atoms with van der Waals surface area (Å²) in [5.74, 6) is 1.01. The Labute approximate surface area is 95.9 Å². The minimum Gasteiger partial charge on any atom is -0.461 e. The van der Waals surface area contributed by atoms with E-state index in [0.29, 0.717) is 18.1 Å². The van der Waals surface area contributed by atoms with Crippen LogP contribution in [0, 0.1) is 10.1 Å². The van der Waals surface area contributed by atoms with Crippen molar-refractivity contribution in [1.82, 2.24) is 15.0 Å². The first-order valence-electron chi connectivity index (χ1n) is 4.80. The Kier molecular flexibility index (Phi) is 3.15. The molecular weight excluding hydrogens is 228 g/mol. The van der Waals surface area contributed by atoms with Gasteiger partial charge >= 0.3 is 5.82 Å². The molecule has 0 aromatic carbocycles. The van der Waals surface area contributed by atoms with E-state index in [4.69, 9.17) is 9.15 Å². The van der Waals surface area contributed by atoms with Crippen molar-refractivity contribution in [3.63, 3.8) is 0 Å². The fourth-order valence-electron chi connectivity index (χ4n) is 1.31. The molecule has 0 fully saturated rings. The Bertz CT molecular complexity index is 519. The fraction of sp³-hybridized carbons (Fsp3) is 0.333. The zero-order valence-corrected chi connectivity index (χ0v) is 9.07. The minimum absolute atomic E-state index is 0.248. The summed E-state index contributed by atoms with van der Waals surface area (Å²) in [6.07, 6.45) is 1.10. The molecule has 17 heavy (non-hydrogen) atoms. The van der Waals surface area contributed by atoms with E-state index in [1.165, 1.54) is 4.80 Å². The first-order chi connectivity index (χ1) is 8.19. The van der Waals surface area contributed by atoms with Crippen LogP contribution in [0.4, 0.5) is 5.82 Å². The maximum absolute atomic E-state index is 10.4. The SMILES string of the molecule is COCc1ccc(Cn2ncc([N+](=O)[O-])n2)o1. The van der Waals surface area contributed by atoms with E-state index in [9.17, 15) is 10.1 Å². The predicted octanol–water partition coefficient (Wildman–Crippen LogP) is 0.974. The summed E-state index contributed by atoms with van der Waals surface area (Å²) in [4.78, 5) is 11.0. The lowest BCUT2D eigenvalue weighted by Gasteiger charge is -1.93. The van der Waals surface area contributed by atoms with Crippen LogP contribution in [0.5, 0.6) is 0 Å². The first-order valence-corrected chi connectivity index (χ1v) is 4.80. The van der Waals surface area contributed by atoms with E-state index >= 15 is 0 Å². The van der Waals surface area contributed by atoms with Crippen LogP contribution in [-0.4, -0.2) is 27.0 Å². The van der Waals surface area contributed by atoms with E-state index in [0.717, 1.165) is 6.20 Å². The van der Waals surface area contributed by atoms with Gasteiger partial charge in [-0.05, 0) is 17.1 Å². The molecule has 2 aromatic heterocycles. The second-order valence-corrected chi connectivity index (χ2v) is 3.29. The lowest BCUT2D eigenvalue weighted by Crippen LogP contribution is -2.03. The van der Waals surface area contributed by atoms with Gasteiger partial charge in [0.05, 0.1) is 5.10 Å². The van der Waals surface area contributed by atoms with Crippen LogP contribution in [0.2, 0.25) is 0 Å². The van der Waals surface area contributed by atoms with Crippen LogP contribution < -0.4 is 0 Å². The van der Waals surface area contributed by atoms with Crippen LogP contribution in [-0.2, 0) is 17.9 Å². The molecule has 0 aliphatic carbocycles. The molecule has 0 aliphatic rings. The van der Waals surface area contributed by atoms with Crippen molar-refractivity contribution < 1.29 is 14.1 Å². The average Bonchev–Trinajstić information content (AvgIpc) is 2.89. The van der Waals surface area contributed by atoms with Gasteiger partial charge in [0.2, 0.25) is 0 Å². The maximum atomic E-state index is 10.4. The summed E-state index contributed by atoms with van der Waals surface area (Å²) in [6, 6.07) is 3.53. The summed E-state index contributed by atoms with van der Waals surface area (Å²) in [5, 5.41) is 17.8. The molecule has 0 saturated heterocycles. The summed E-state index contributed by atoms with van der Waals surface area (Å²) >= 11 is 0. The van der Waals surface area contributed by atoms with Gasteiger partial charge in [-0.1, -0.05) is 4.80 Å². The van der Waals surface area contributed by atoms with Crippen molar-refractivity contribution in [2.24, 2.45) is 0 Å². The monoisotopic (exact) mass is 238 g/mol.